The summed E-state index contributed by atoms with van der Waals surface area (Å²) in [7, 11) is 0. The van der Waals surface area contributed by atoms with Crippen molar-refractivity contribution in [3.05, 3.63) is 0 Å². The minimum Gasteiger partial charge on any atom is -0.316 e. The Kier molecular flexibility index (Phi) is 6.40. The fourth-order valence-electron chi connectivity index (χ4n) is 1.68. The summed E-state index contributed by atoms with van der Waals surface area (Å²) in [6.45, 7) is 13.5. The van der Waals surface area contributed by atoms with Crippen LogP contribution in [-0.4, -0.2) is 13.1 Å². The molecule has 0 bridgehead atoms. The molecule has 1 heteroatoms. The van der Waals surface area contributed by atoms with E-state index in [9.17, 15) is 0 Å². The predicted molar refractivity (Wildman–Crippen MR) is 61.0 cm³/mol. The van der Waals surface area contributed by atoms with Gasteiger partial charge < -0.3 is 5.32 Å². The minimum absolute atomic E-state index is 0.685. The minimum atomic E-state index is 0.685. The molecule has 0 aliphatic carbocycles. The lowest BCUT2D eigenvalue weighted by molar-refractivity contribution is 0.136. The first-order valence-electron chi connectivity index (χ1n) is 5.89. The number of rotatable bonds is 4. The van der Waals surface area contributed by atoms with Crippen molar-refractivity contribution < 1.29 is 0 Å². The van der Waals surface area contributed by atoms with E-state index in [-0.39, 0.29) is 0 Å². The topological polar surface area (TPSA) is 12.0 Å². The van der Waals surface area contributed by atoms with E-state index in [2.05, 4.69) is 26.1 Å². The highest BCUT2D eigenvalue weighted by atomic mass is 15.0. The molecule has 0 aromatic heterocycles. The third kappa shape index (κ3) is 4.12. The molecule has 0 unspecified atom stereocenters. The standard InChI is InChI=1S/C10H21N.C2H6/c1-4-10(7-11-8-10)6-5-9(2)3;1-2/h9,11H,4-8H2,1-3H3;1-2H3. The number of nitrogens with one attached hydrogen (secondary N) is 1. The second-order valence-corrected chi connectivity index (χ2v) is 4.39. The number of hydrogen-bond donors (Lipinski definition) is 1. The molecule has 1 rings (SSSR count). The fraction of sp³-hybridized carbons (Fsp3) is 1.00. The van der Waals surface area contributed by atoms with Crippen molar-refractivity contribution in [1.82, 2.24) is 5.32 Å². The van der Waals surface area contributed by atoms with Crippen LogP contribution >= 0.6 is 0 Å². The van der Waals surface area contributed by atoms with Crippen LogP contribution in [0.25, 0.3) is 0 Å². The molecule has 1 nitrogen and oxygen atoms in total. The summed E-state index contributed by atoms with van der Waals surface area (Å²) >= 11 is 0. The average molecular weight is 185 g/mol. The van der Waals surface area contributed by atoms with Crippen LogP contribution in [0.3, 0.4) is 0 Å². The highest BCUT2D eigenvalue weighted by Gasteiger charge is 2.34. The van der Waals surface area contributed by atoms with Crippen molar-refractivity contribution in [2.45, 2.75) is 53.9 Å². The van der Waals surface area contributed by atoms with Gasteiger partial charge in [0.1, 0.15) is 0 Å². The van der Waals surface area contributed by atoms with E-state index < -0.39 is 0 Å². The van der Waals surface area contributed by atoms with Gasteiger partial charge in [0.05, 0.1) is 0 Å². The Morgan fingerprint density at radius 1 is 1.23 bits per heavy atom. The lowest BCUT2D eigenvalue weighted by Gasteiger charge is -2.42. The Hall–Kier alpha value is -0.0400. The number of hydrogen-bond acceptors (Lipinski definition) is 1. The molecule has 1 aliphatic rings. The molecule has 0 aromatic rings. The summed E-state index contributed by atoms with van der Waals surface area (Å²) in [5.74, 6) is 0.874. The maximum atomic E-state index is 3.38. The zero-order valence-electron chi connectivity index (χ0n) is 10.1. The molecule has 0 aromatic carbocycles. The zero-order valence-corrected chi connectivity index (χ0v) is 10.1. The van der Waals surface area contributed by atoms with Gasteiger partial charge in [-0.1, -0.05) is 41.0 Å². The normalized spacial score (nSPS) is 18.9. The molecule has 0 saturated carbocycles. The first-order chi connectivity index (χ1) is 6.18. The molecule has 1 aliphatic heterocycles. The van der Waals surface area contributed by atoms with Gasteiger partial charge in [-0.15, -0.1) is 0 Å². The first kappa shape index (κ1) is 13.0. The van der Waals surface area contributed by atoms with Gasteiger partial charge in [0.2, 0.25) is 0 Å². The Labute approximate surface area is 84.3 Å². The summed E-state index contributed by atoms with van der Waals surface area (Å²) in [6.07, 6.45) is 4.18. The van der Waals surface area contributed by atoms with Gasteiger partial charge in [-0.3, -0.25) is 0 Å². The molecular formula is C12H27N. The first-order valence-corrected chi connectivity index (χ1v) is 5.89. The molecule has 13 heavy (non-hydrogen) atoms. The summed E-state index contributed by atoms with van der Waals surface area (Å²) in [4.78, 5) is 0. The van der Waals surface area contributed by atoms with Crippen molar-refractivity contribution >= 4 is 0 Å². The van der Waals surface area contributed by atoms with Crippen LogP contribution in [0, 0.1) is 11.3 Å². The SMILES string of the molecule is CC.CCC1(CCC(C)C)CNC1. The van der Waals surface area contributed by atoms with Gasteiger partial charge in [0.25, 0.3) is 0 Å². The lowest BCUT2D eigenvalue weighted by Crippen LogP contribution is -2.53. The molecule has 0 spiro atoms. The van der Waals surface area contributed by atoms with E-state index in [1.54, 1.807) is 0 Å². The Morgan fingerprint density at radius 3 is 2.00 bits per heavy atom. The maximum Gasteiger partial charge on any atom is 0.00201 e. The zero-order chi connectivity index (χ0) is 10.3. The van der Waals surface area contributed by atoms with E-state index >= 15 is 0 Å². The molecule has 80 valence electrons. The third-order valence-corrected chi connectivity index (χ3v) is 3.00. The molecule has 1 N–H and O–H groups in total. The van der Waals surface area contributed by atoms with Crippen molar-refractivity contribution in [2.75, 3.05) is 13.1 Å². The van der Waals surface area contributed by atoms with Gasteiger partial charge in [0.15, 0.2) is 0 Å². The summed E-state index contributed by atoms with van der Waals surface area (Å²) in [5, 5.41) is 3.38. The maximum absolute atomic E-state index is 3.38. The van der Waals surface area contributed by atoms with E-state index in [1.807, 2.05) is 13.8 Å². The second kappa shape index (κ2) is 6.42. The summed E-state index contributed by atoms with van der Waals surface area (Å²) in [6, 6.07) is 0. The molecule has 1 heterocycles. The van der Waals surface area contributed by atoms with Crippen LogP contribution < -0.4 is 5.32 Å². The van der Waals surface area contributed by atoms with Crippen molar-refractivity contribution in [3.8, 4) is 0 Å². The molecule has 0 amide bonds. The van der Waals surface area contributed by atoms with Gasteiger partial charge in [-0.25, -0.2) is 0 Å². The summed E-state index contributed by atoms with van der Waals surface area (Å²) < 4.78 is 0. The highest BCUT2D eigenvalue weighted by Crippen LogP contribution is 2.33. The van der Waals surface area contributed by atoms with Crippen molar-refractivity contribution in [3.63, 3.8) is 0 Å². The Bertz CT molecular complexity index is 109. The monoisotopic (exact) mass is 185 g/mol. The molecular weight excluding hydrogens is 158 g/mol. The van der Waals surface area contributed by atoms with Gasteiger partial charge >= 0.3 is 0 Å². The third-order valence-electron chi connectivity index (χ3n) is 3.00. The van der Waals surface area contributed by atoms with Crippen molar-refractivity contribution in [1.29, 1.82) is 0 Å². The van der Waals surface area contributed by atoms with Gasteiger partial charge in [-0.2, -0.15) is 0 Å². The Morgan fingerprint density at radius 2 is 1.77 bits per heavy atom. The van der Waals surface area contributed by atoms with Crippen LogP contribution in [0.5, 0.6) is 0 Å². The molecule has 0 atom stereocenters. The summed E-state index contributed by atoms with van der Waals surface area (Å²) in [5.41, 5.74) is 0.685. The quantitative estimate of drug-likeness (QED) is 0.707. The van der Waals surface area contributed by atoms with E-state index in [4.69, 9.17) is 0 Å². The van der Waals surface area contributed by atoms with Crippen LogP contribution in [-0.2, 0) is 0 Å². The average Bonchev–Trinajstić information content (AvgIpc) is 2.07. The predicted octanol–water partition coefficient (Wildman–Crippen LogP) is 3.45. The van der Waals surface area contributed by atoms with E-state index in [0.717, 1.165) is 5.92 Å². The van der Waals surface area contributed by atoms with Gasteiger partial charge in [0, 0.05) is 13.1 Å². The van der Waals surface area contributed by atoms with Crippen molar-refractivity contribution in [2.24, 2.45) is 11.3 Å². The van der Waals surface area contributed by atoms with E-state index in [0.29, 0.717) is 5.41 Å². The van der Waals surface area contributed by atoms with Crippen LogP contribution in [0.4, 0.5) is 0 Å². The molecule has 1 saturated heterocycles. The van der Waals surface area contributed by atoms with Crippen LogP contribution in [0.15, 0.2) is 0 Å². The largest absolute Gasteiger partial charge is 0.316 e. The fourth-order valence-corrected chi connectivity index (χ4v) is 1.68. The van der Waals surface area contributed by atoms with E-state index in [1.165, 1.54) is 32.4 Å². The highest BCUT2D eigenvalue weighted by molar-refractivity contribution is 4.90. The lowest BCUT2D eigenvalue weighted by atomic mass is 9.74. The van der Waals surface area contributed by atoms with Crippen LogP contribution in [0.2, 0.25) is 0 Å². The Balaban J connectivity index is 0.000000671. The molecule has 1 fully saturated rings. The van der Waals surface area contributed by atoms with Gasteiger partial charge in [-0.05, 0) is 24.2 Å². The second-order valence-electron chi connectivity index (χ2n) is 4.39. The van der Waals surface area contributed by atoms with Crippen LogP contribution in [0.1, 0.15) is 53.9 Å². The smallest absolute Gasteiger partial charge is 0.00201 e. The molecule has 0 radical (unpaired) electrons.